The molecular formula is C13H24N2O. The van der Waals surface area contributed by atoms with E-state index in [1.54, 1.807) is 0 Å². The SMILES string of the molecule is CC1CCC(CN2CC(CN)CC2=O)CC1. The van der Waals surface area contributed by atoms with Gasteiger partial charge in [0.25, 0.3) is 0 Å². The lowest BCUT2D eigenvalue weighted by atomic mass is 9.83. The Bertz CT molecular complexity index is 246. The quantitative estimate of drug-likeness (QED) is 0.792. The number of hydrogen-bond donors (Lipinski definition) is 1. The molecule has 1 amide bonds. The molecule has 1 saturated carbocycles. The van der Waals surface area contributed by atoms with Crippen molar-refractivity contribution in [2.24, 2.45) is 23.5 Å². The Morgan fingerprint density at radius 2 is 1.94 bits per heavy atom. The van der Waals surface area contributed by atoms with Crippen molar-refractivity contribution in [1.82, 2.24) is 4.90 Å². The lowest BCUT2D eigenvalue weighted by Crippen LogP contribution is -2.33. The Hall–Kier alpha value is -0.570. The molecule has 92 valence electrons. The summed E-state index contributed by atoms with van der Waals surface area (Å²) in [5.74, 6) is 2.38. The zero-order valence-corrected chi connectivity index (χ0v) is 10.3. The zero-order valence-electron chi connectivity index (χ0n) is 10.3. The highest BCUT2D eigenvalue weighted by atomic mass is 16.2. The van der Waals surface area contributed by atoms with Gasteiger partial charge in [-0.15, -0.1) is 0 Å². The molecule has 1 saturated heterocycles. The smallest absolute Gasteiger partial charge is 0.222 e. The highest BCUT2D eigenvalue weighted by Gasteiger charge is 2.30. The van der Waals surface area contributed by atoms with Gasteiger partial charge in [-0.2, -0.15) is 0 Å². The van der Waals surface area contributed by atoms with Crippen LogP contribution in [-0.2, 0) is 4.79 Å². The average Bonchev–Trinajstić information content (AvgIpc) is 2.63. The monoisotopic (exact) mass is 224 g/mol. The number of nitrogens with zero attached hydrogens (tertiary/aromatic N) is 1. The molecule has 0 bridgehead atoms. The van der Waals surface area contributed by atoms with E-state index in [9.17, 15) is 4.79 Å². The second kappa shape index (κ2) is 5.17. The molecule has 2 N–H and O–H groups in total. The normalized spacial score (nSPS) is 35.8. The Kier molecular flexibility index (Phi) is 3.85. The van der Waals surface area contributed by atoms with Crippen LogP contribution in [0.25, 0.3) is 0 Å². The van der Waals surface area contributed by atoms with E-state index >= 15 is 0 Å². The maximum absolute atomic E-state index is 11.8. The van der Waals surface area contributed by atoms with Crippen LogP contribution in [0.15, 0.2) is 0 Å². The maximum atomic E-state index is 11.8. The van der Waals surface area contributed by atoms with Gasteiger partial charge in [-0.3, -0.25) is 4.79 Å². The molecule has 1 heterocycles. The van der Waals surface area contributed by atoms with Crippen molar-refractivity contribution >= 4 is 5.91 Å². The van der Waals surface area contributed by atoms with Gasteiger partial charge in [-0.05, 0) is 37.1 Å². The molecule has 3 heteroatoms. The molecule has 0 radical (unpaired) electrons. The lowest BCUT2D eigenvalue weighted by molar-refractivity contribution is -0.128. The highest BCUT2D eigenvalue weighted by Crippen LogP contribution is 2.30. The van der Waals surface area contributed by atoms with Crippen molar-refractivity contribution in [1.29, 1.82) is 0 Å². The summed E-state index contributed by atoms with van der Waals surface area (Å²) in [6.45, 7) is 4.88. The minimum absolute atomic E-state index is 0.328. The number of nitrogens with two attached hydrogens (primary N) is 1. The maximum Gasteiger partial charge on any atom is 0.222 e. The fraction of sp³-hybridized carbons (Fsp3) is 0.923. The van der Waals surface area contributed by atoms with E-state index in [2.05, 4.69) is 11.8 Å². The van der Waals surface area contributed by atoms with Crippen molar-refractivity contribution in [2.75, 3.05) is 19.6 Å². The molecule has 3 nitrogen and oxygen atoms in total. The van der Waals surface area contributed by atoms with Gasteiger partial charge in [0.05, 0.1) is 0 Å². The fourth-order valence-electron chi connectivity index (χ4n) is 3.01. The summed E-state index contributed by atoms with van der Waals surface area (Å²) in [5, 5.41) is 0. The second-order valence-corrected chi connectivity index (χ2v) is 5.73. The number of rotatable bonds is 3. The molecule has 1 aliphatic carbocycles. The summed E-state index contributed by atoms with van der Waals surface area (Å²) >= 11 is 0. The van der Waals surface area contributed by atoms with Gasteiger partial charge in [0.2, 0.25) is 5.91 Å². The van der Waals surface area contributed by atoms with Gasteiger partial charge in [0.1, 0.15) is 0 Å². The first-order valence-electron chi connectivity index (χ1n) is 6.67. The molecule has 1 aliphatic heterocycles. The largest absolute Gasteiger partial charge is 0.342 e. The van der Waals surface area contributed by atoms with Crippen LogP contribution >= 0.6 is 0 Å². The summed E-state index contributed by atoms with van der Waals surface area (Å²) in [6.07, 6.45) is 5.97. The summed E-state index contributed by atoms with van der Waals surface area (Å²) in [7, 11) is 0. The Morgan fingerprint density at radius 1 is 1.25 bits per heavy atom. The van der Waals surface area contributed by atoms with E-state index in [4.69, 9.17) is 5.73 Å². The number of carbonyl (C=O) groups excluding carboxylic acids is 1. The zero-order chi connectivity index (χ0) is 11.5. The van der Waals surface area contributed by atoms with Crippen molar-refractivity contribution < 1.29 is 4.79 Å². The minimum Gasteiger partial charge on any atom is -0.342 e. The third-order valence-electron chi connectivity index (χ3n) is 4.24. The van der Waals surface area contributed by atoms with Crippen LogP contribution < -0.4 is 5.73 Å². The first-order chi connectivity index (χ1) is 7.69. The third-order valence-corrected chi connectivity index (χ3v) is 4.24. The molecule has 0 spiro atoms. The van der Waals surface area contributed by atoms with Crippen LogP contribution in [0.1, 0.15) is 39.0 Å². The number of amides is 1. The van der Waals surface area contributed by atoms with Gasteiger partial charge >= 0.3 is 0 Å². The van der Waals surface area contributed by atoms with Gasteiger partial charge in [0.15, 0.2) is 0 Å². The molecule has 2 rings (SSSR count). The summed E-state index contributed by atoms with van der Waals surface area (Å²) < 4.78 is 0. The second-order valence-electron chi connectivity index (χ2n) is 5.73. The van der Waals surface area contributed by atoms with Crippen LogP contribution in [-0.4, -0.2) is 30.4 Å². The summed E-state index contributed by atoms with van der Waals surface area (Å²) in [5.41, 5.74) is 5.63. The predicted molar refractivity (Wildman–Crippen MR) is 64.9 cm³/mol. The van der Waals surface area contributed by atoms with Gasteiger partial charge in [-0.1, -0.05) is 19.8 Å². The van der Waals surface area contributed by atoms with Gasteiger partial charge in [-0.25, -0.2) is 0 Å². The van der Waals surface area contributed by atoms with E-state index in [-0.39, 0.29) is 0 Å². The fourth-order valence-corrected chi connectivity index (χ4v) is 3.01. The summed E-state index contributed by atoms with van der Waals surface area (Å²) in [6, 6.07) is 0. The van der Waals surface area contributed by atoms with E-state index in [0.717, 1.165) is 24.9 Å². The molecule has 2 aliphatic rings. The van der Waals surface area contributed by atoms with Gasteiger partial charge in [0, 0.05) is 19.5 Å². The molecule has 16 heavy (non-hydrogen) atoms. The van der Waals surface area contributed by atoms with E-state index in [0.29, 0.717) is 24.8 Å². The predicted octanol–water partition coefficient (Wildman–Crippen LogP) is 1.62. The van der Waals surface area contributed by atoms with E-state index in [1.807, 2.05) is 0 Å². The van der Waals surface area contributed by atoms with Crippen molar-refractivity contribution in [3.05, 3.63) is 0 Å². The van der Waals surface area contributed by atoms with Crippen molar-refractivity contribution in [3.63, 3.8) is 0 Å². The standard InChI is InChI=1S/C13H24N2O/c1-10-2-4-11(5-3-10)8-15-9-12(7-14)6-13(15)16/h10-12H,2-9,14H2,1H3. The molecule has 0 aromatic rings. The minimum atomic E-state index is 0.328. The molecular weight excluding hydrogens is 200 g/mol. The van der Waals surface area contributed by atoms with Crippen LogP contribution in [0, 0.1) is 17.8 Å². The van der Waals surface area contributed by atoms with E-state index < -0.39 is 0 Å². The Morgan fingerprint density at radius 3 is 2.50 bits per heavy atom. The number of carbonyl (C=O) groups is 1. The van der Waals surface area contributed by atoms with Crippen LogP contribution in [0.5, 0.6) is 0 Å². The average molecular weight is 224 g/mol. The lowest BCUT2D eigenvalue weighted by Gasteiger charge is -2.29. The molecule has 2 fully saturated rings. The summed E-state index contributed by atoms with van der Waals surface area (Å²) in [4.78, 5) is 13.8. The third kappa shape index (κ3) is 2.76. The molecule has 1 atom stereocenters. The first-order valence-corrected chi connectivity index (χ1v) is 6.67. The number of hydrogen-bond acceptors (Lipinski definition) is 2. The first kappa shape index (κ1) is 11.9. The van der Waals surface area contributed by atoms with Crippen LogP contribution in [0.4, 0.5) is 0 Å². The number of likely N-dealkylation sites (tertiary alicyclic amines) is 1. The molecule has 0 aromatic carbocycles. The van der Waals surface area contributed by atoms with Crippen LogP contribution in [0.2, 0.25) is 0 Å². The van der Waals surface area contributed by atoms with E-state index in [1.165, 1.54) is 25.7 Å². The van der Waals surface area contributed by atoms with Crippen molar-refractivity contribution in [3.8, 4) is 0 Å². The Labute approximate surface area is 98.4 Å². The molecule has 1 unspecified atom stereocenters. The van der Waals surface area contributed by atoms with Crippen LogP contribution in [0.3, 0.4) is 0 Å². The van der Waals surface area contributed by atoms with Crippen molar-refractivity contribution in [2.45, 2.75) is 39.0 Å². The van der Waals surface area contributed by atoms with Gasteiger partial charge < -0.3 is 10.6 Å². The topological polar surface area (TPSA) is 46.3 Å². The molecule has 0 aromatic heterocycles. The highest BCUT2D eigenvalue weighted by molar-refractivity contribution is 5.78. The Balaban J connectivity index is 1.79.